The molecule has 0 aliphatic carbocycles. The summed E-state index contributed by atoms with van der Waals surface area (Å²) >= 11 is 0. The van der Waals surface area contributed by atoms with Crippen LogP contribution >= 0.6 is 0 Å². The van der Waals surface area contributed by atoms with Gasteiger partial charge in [0.25, 0.3) is 10.0 Å². The average molecular weight is 503 g/mol. The van der Waals surface area contributed by atoms with Gasteiger partial charge in [0.15, 0.2) is 0 Å². The number of sulfone groups is 1. The number of benzene rings is 1. The molecule has 0 aliphatic heterocycles. The highest BCUT2D eigenvalue weighted by molar-refractivity contribution is 8.05. The Bertz CT molecular complexity index is 1080. The van der Waals surface area contributed by atoms with Crippen molar-refractivity contribution in [2.45, 2.75) is 26.8 Å². The third-order valence-corrected chi connectivity index (χ3v) is 8.10. The van der Waals surface area contributed by atoms with Crippen LogP contribution in [0, 0.1) is 0 Å². The summed E-state index contributed by atoms with van der Waals surface area (Å²) in [5, 5.41) is -14.3. The van der Waals surface area contributed by atoms with Crippen molar-refractivity contribution in [1.29, 1.82) is 0 Å². The maximum Gasteiger partial charge on any atom is 0.512 e. The first kappa shape index (κ1) is 25.4. The van der Waals surface area contributed by atoms with E-state index in [2.05, 4.69) is 0 Å². The second-order valence-corrected chi connectivity index (χ2v) is 10.6. The third kappa shape index (κ3) is 3.91. The molecule has 0 unspecified atom stereocenters. The fourth-order valence-electron chi connectivity index (χ4n) is 1.50. The fourth-order valence-corrected chi connectivity index (χ4v) is 5.26. The third-order valence-electron chi connectivity index (χ3n) is 2.98. The minimum atomic E-state index is -7.77. The second-order valence-electron chi connectivity index (χ2n) is 4.96. The zero-order valence-electron chi connectivity index (χ0n) is 13.0. The molecular weight excluding hydrogens is 497 g/mol. The summed E-state index contributed by atoms with van der Waals surface area (Å²) in [7, 11) is -21.8. The van der Waals surface area contributed by atoms with Crippen molar-refractivity contribution in [3.63, 3.8) is 0 Å². The Hall–Kier alpha value is -1.60. The molecule has 0 atom stereocenters. The van der Waals surface area contributed by atoms with Crippen LogP contribution in [-0.4, -0.2) is 47.2 Å². The number of halogens is 9. The van der Waals surface area contributed by atoms with E-state index in [4.69, 9.17) is 0 Å². The SMILES string of the molecule is O=S(=O)(NS(=O)(=O)C(F)(F)C(F)(F)C(F)(F)S(=O)(=O)c1ccccc1)C(F)(F)F. The van der Waals surface area contributed by atoms with Crippen LogP contribution in [0.5, 0.6) is 0 Å². The van der Waals surface area contributed by atoms with Crippen molar-refractivity contribution in [2.24, 2.45) is 0 Å². The van der Waals surface area contributed by atoms with Crippen LogP contribution in [0.15, 0.2) is 35.2 Å². The van der Waals surface area contributed by atoms with Crippen LogP contribution in [-0.2, 0) is 29.9 Å². The maximum atomic E-state index is 13.9. The zero-order valence-corrected chi connectivity index (χ0v) is 15.4. The quantitative estimate of drug-likeness (QED) is 0.570. The highest BCUT2D eigenvalue weighted by Gasteiger charge is 2.82. The first-order chi connectivity index (χ1) is 12.6. The van der Waals surface area contributed by atoms with Gasteiger partial charge in [-0.1, -0.05) is 22.3 Å². The lowest BCUT2D eigenvalue weighted by Gasteiger charge is -2.31. The molecule has 0 aromatic heterocycles. The molecule has 0 amide bonds. The standard InChI is InChI=1S/C10H6F9NO6S3/c11-7(12,8(13,14)27(21,22)6-4-2-1-3-5-6)9(15,16)28(23,24)20-29(25,26)10(17,18)19/h1-5,20H. The van der Waals surface area contributed by atoms with E-state index in [0.717, 1.165) is 6.07 Å². The van der Waals surface area contributed by atoms with E-state index in [1.807, 2.05) is 0 Å². The first-order valence-electron chi connectivity index (χ1n) is 6.34. The number of alkyl halides is 9. The molecule has 1 rings (SSSR count). The van der Waals surface area contributed by atoms with Crippen LogP contribution in [0.3, 0.4) is 0 Å². The van der Waals surface area contributed by atoms with Crippen molar-refractivity contribution in [1.82, 2.24) is 4.13 Å². The second kappa shape index (κ2) is 6.98. The molecule has 0 bridgehead atoms. The van der Waals surface area contributed by atoms with Gasteiger partial charge in [-0.05, 0) is 12.1 Å². The van der Waals surface area contributed by atoms with Crippen molar-refractivity contribution >= 4 is 29.9 Å². The summed E-state index contributed by atoms with van der Waals surface area (Å²) in [5.41, 5.74) is -6.62. The van der Waals surface area contributed by atoms with Gasteiger partial charge in [0.05, 0.1) is 4.90 Å². The Kier molecular flexibility index (Phi) is 6.12. The van der Waals surface area contributed by atoms with E-state index in [-0.39, 0.29) is 12.1 Å². The van der Waals surface area contributed by atoms with Crippen LogP contribution < -0.4 is 4.13 Å². The highest BCUT2D eigenvalue weighted by atomic mass is 32.3. The van der Waals surface area contributed by atoms with Gasteiger partial charge in [0.1, 0.15) is 0 Å². The van der Waals surface area contributed by atoms with E-state index in [1.54, 1.807) is 0 Å². The molecule has 1 aromatic carbocycles. The van der Waals surface area contributed by atoms with Gasteiger partial charge >= 0.3 is 32.0 Å². The van der Waals surface area contributed by atoms with Gasteiger partial charge in [0.2, 0.25) is 9.84 Å². The number of hydrogen-bond acceptors (Lipinski definition) is 6. The smallest absolute Gasteiger partial charge is 0.217 e. The number of rotatable bonds is 7. The van der Waals surface area contributed by atoms with Crippen LogP contribution in [0.2, 0.25) is 0 Å². The number of hydrogen-bond donors (Lipinski definition) is 1. The predicted molar refractivity (Wildman–Crippen MR) is 75.5 cm³/mol. The lowest BCUT2D eigenvalue weighted by atomic mass is 10.3. The maximum absolute atomic E-state index is 13.9. The van der Waals surface area contributed by atoms with Gasteiger partial charge in [-0.3, -0.25) is 0 Å². The van der Waals surface area contributed by atoms with E-state index in [1.165, 1.54) is 0 Å². The fraction of sp³-hybridized carbons (Fsp3) is 0.400. The Morgan fingerprint density at radius 2 is 1.03 bits per heavy atom. The normalized spacial score (nSPS) is 15.3. The lowest BCUT2D eigenvalue weighted by Crippen LogP contribution is -2.63. The monoisotopic (exact) mass is 503 g/mol. The van der Waals surface area contributed by atoms with Crippen LogP contribution in [0.25, 0.3) is 0 Å². The Balaban J connectivity index is 3.60. The Morgan fingerprint density at radius 3 is 1.41 bits per heavy atom. The summed E-state index contributed by atoms with van der Waals surface area (Å²) in [4.78, 5) is -1.67. The van der Waals surface area contributed by atoms with Gasteiger partial charge in [0, 0.05) is 0 Å². The molecule has 0 fully saturated rings. The minimum Gasteiger partial charge on any atom is -0.217 e. The molecular formula is C10H6F9NO6S3. The van der Waals surface area contributed by atoms with Gasteiger partial charge in [-0.25, -0.2) is 25.3 Å². The Labute approximate surface area is 156 Å². The van der Waals surface area contributed by atoms with Gasteiger partial charge in [-0.15, -0.1) is 0 Å². The molecule has 7 nitrogen and oxygen atoms in total. The molecule has 1 aromatic rings. The largest absolute Gasteiger partial charge is 0.512 e. The van der Waals surface area contributed by atoms with Crippen LogP contribution in [0.4, 0.5) is 39.5 Å². The van der Waals surface area contributed by atoms with Crippen molar-refractivity contribution in [3.8, 4) is 0 Å². The Morgan fingerprint density at radius 1 is 0.621 bits per heavy atom. The summed E-state index contributed by atoms with van der Waals surface area (Å²) in [6.07, 6.45) is 0. The summed E-state index contributed by atoms with van der Waals surface area (Å²) in [5.74, 6) is -7.43. The van der Waals surface area contributed by atoms with E-state index < -0.39 is 60.8 Å². The zero-order chi connectivity index (χ0) is 23.3. The molecule has 0 spiro atoms. The molecule has 0 saturated carbocycles. The van der Waals surface area contributed by atoms with Gasteiger partial charge in [-0.2, -0.15) is 39.5 Å². The first-order valence-corrected chi connectivity index (χ1v) is 10.8. The topological polar surface area (TPSA) is 114 Å². The summed E-state index contributed by atoms with van der Waals surface area (Å²) < 4.78 is 185. The highest BCUT2D eigenvalue weighted by Crippen LogP contribution is 2.52. The van der Waals surface area contributed by atoms with Crippen LogP contribution in [0.1, 0.15) is 0 Å². The van der Waals surface area contributed by atoms with Crippen molar-refractivity contribution < 1.29 is 64.8 Å². The minimum absolute atomic E-state index is 0.248. The molecule has 29 heavy (non-hydrogen) atoms. The molecule has 0 saturated heterocycles. The average Bonchev–Trinajstić information content (AvgIpc) is 2.52. The van der Waals surface area contributed by atoms with Crippen molar-refractivity contribution in [3.05, 3.63) is 30.3 Å². The predicted octanol–water partition coefficient (Wildman–Crippen LogP) is 2.05. The number of sulfonamides is 2. The molecule has 19 heteroatoms. The lowest BCUT2D eigenvalue weighted by molar-refractivity contribution is -0.243. The van der Waals surface area contributed by atoms with E-state index in [0.29, 0.717) is 12.1 Å². The molecule has 168 valence electrons. The summed E-state index contributed by atoms with van der Waals surface area (Å²) in [6, 6.07) is 2.90. The number of nitrogens with one attached hydrogen (secondary N) is 1. The van der Waals surface area contributed by atoms with Crippen molar-refractivity contribution in [2.75, 3.05) is 0 Å². The van der Waals surface area contributed by atoms with E-state index >= 15 is 0 Å². The molecule has 0 heterocycles. The molecule has 1 N–H and O–H groups in total. The molecule has 0 radical (unpaired) electrons. The van der Waals surface area contributed by atoms with E-state index in [9.17, 15) is 64.8 Å². The molecule has 0 aliphatic rings. The van der Waals surface area contributed by atoms with Gasteiger partial charge < -0.3 is 0 Å². The summed E-state index contributed by atoms with van der Waals surface area (Å²) in [6.45, 7) is 0.